The quantitative estimate of drug-likeness (QED) is 0.784. The molecule has 1 aromatic heterocycles. The van der Waals surface area contributed by atoms with E-state index in [1.165, 1.54) is 0 Å². The first-order valence-corrected chi connectivity index (χ1v) is 8.34. The van der Waals surface area contributed by atoms with Crippen LogP contribution in [0.25, 0.3) is 0 Å². The molecule has 5 heteroatoms. The molecule has 0 aliphatic carbocycles. The molecule has 1 fully saturated rings. The van der Waals surface area contributed by atoms with E-state index in [0.29, 0.717) is 6.10 Å². The number of nitrogens with one attached hydrogen (secondary N) is 1. The summed E-state index contributed by atoms with van der Waals surface area (Å²) < 4.78 is 5.70. The summed E-state index contributed by atoms with van der Waals surface area (Å²) in [5.41, 5.74) is 1.13. The molecule has 0 amide bonds. The second kappa shape index (κ2) is 8.57. The fourth-order valence-electron chi connectivity index (χ4n) is 2.66. The van der Waals surface area contributed by atoms with Crippen LogP contribution in [0.1, 0.15) is 38.7 Å². The number of hydrogen-bond donors (Lipinski definition) is 1. The van der Waals surface area contributed by atoms with Crippen molar-refractivity contribution in [1.29, 1.82) is 0 Å². The van der Waals surface area contributed by atoms with Gasteiger partial charge in [0.1, 0.15) is 5.82 Å². The molecule has 0 saturated carbocycles. The van der Waals surface area contributed by atoms with E-state index < -0.39 is 0 Å². The molecule has 4 nitrogen and oxygen atoms in total. The molecule has 0 unspecified atom stereocenters. The van der Waals surface area contributed by atoms with E-state index in [-0.39, 0.29) is 0 Å². The lowest BCUT2D eigenvalue weighted by Crippen LogP contribution is -2.37. The van der Waals surface area contributed by atoms with Gasteiger partial charge in [-0.2, -0.15) is 0 Å². The van der Waals surface area contributed by atoms with Crippen molar-refractivity contribution in [2.75, 3.05) is 31.1 Å². The summed E-state index contributed by atoms with van der Waals surface area (Å²) in [5.74, 6) is 1.03. The molecule has 0 aromatic carbocycles. The normalized spacial score (nSPS) is 16.4. The molecule has 1 aliphatic rings. The van der Waals surface area contributed by atoms with Gasteiger partial charge in [0.15, 0.2) is 0 Å². The maximum absolute atomic E-state index is 6.24. The number of piperidine rings is 1. The van der Waals surface area contributed by atoms with E-state index in [1.54, 1.807) is 6.20 Å². The zero-order chi connectivity index (χ0) is 15.1. The van der Waals surface area contributed by atoms with Crippen LogP contribution in [0.2, 0.25) is 5.02 Å². The van der Waals surface area contributed by atoms with Crippen molar-refractivity contribution in [3.8, 4) is 0 Å². The molecule has 2 rings (SSSR count). The number of nitrogens with zero attached hydrogens (tertiary/aromatic N) is 2. The zero-order valence-electron chi connectivity index (χ0n) is 13.1. The monoisotopic (exact) mass is 311 g/mol. The SMILES string of the molecule is CCCNCc1cc(N2CCC(OCC)CC2)ncc1Cl. The van der Waals surface area contributed by atoms with Crippen LogP contribution in [0, 0.1) is 0 Å². The molecular weight excluding hydrogens is 286 g/mol. The predicted molar refractivity (Wildman–Crippen MR) is 88.1 cm³/mol. The highest BCUT2D eigenvalue weighted by atomic mass is 35.5. The van der Waals surface area contributed by atoms with Gasteiger partial charge in [0, 0.05) is 32.4 Å². The van der Waals surface area contributed by atoms with Crippen molar-refractivity contribution in [3.05, 3.63) is 22.8 Å². The molecule has 0 bridgehead atoms. The Kier molecular flexibility index (Phi) is 6.74. The molecule has 1 aliphatic heterocycles. The smallest absolute Gasteiger partial charge is 0.128 e. The minimum Gasteiger partial charge on any atom is -0.378 e. The van der Waals surface area contributed by atoms with Gasteiger partial charge in [0.2, 0.25) is 0 Å². The van der Waals surface area contributed by atoms with Gasteiger partial charge in [-0.05, 0) is 44.4 Å². The fourth-order valence-corrected chi connectivity index (χ4v) is 2.83. The average Bonchev–Trinajstić information content (AvgIpc) is 2.51. The largest absolute Gasteiger partial charge is 0.378 e. The van der Waals surface area contributed by atoms with Gasteiger partial charge in [-0.15, -0.1) is 0 Å². The molecule has 0 radical (unpaired) electrons. The molecule has 118 valence electrons. The summed E-state index contributed by atoms with van der Waals surface area (Å²) in [7, 11) is 0. The number of aromatic nitrogens is 1. The Bertz CT molecular complexity index is 434. The van der Waals surface area contributed by atoms with Gasteiger partial charge in [0.25, 0.3) is 0 Å². The molecular formula is C16H26ClN3O. The third kappa shape index (κ3) is 4.83. The third-order valence-electron chi connectivity index (χ3n) is 3.83. The van der Waals surface area contributed by atoms with E-state index in [9.17, 15) is 0 Å². The molecule has 1 N–H and O–H groups in total. The van der Waals surface area contributed by atoms with Crippen LogP contribution in [0.15, 0.2) is 12.3 Å². The van der Waals surface area contributed by atoms with E-state index in [1.807, 2.05) is 0 Å². The first kappa shape index (κ1) is 16.5. The predicted octanol–water partition coefficient (Wildman–Crippen LogP) is 3.24. The van der Waals surface area contributed by atoms with Crippen molar-refractivity contribution >= 4 is 17.4 Å². The molecule has 1 aromatic rings. The number of ether oxygens (including phenoxy) is 1. The Balaban J connectivity index is 1.95. The number of rotatable bonds is 7. The first-order chi connectivity index (χ1) is 10.2. The minimum atomic E-state index is 0.407. The van der Waals surface area contributed by atoms with Gasteiger partial charge in [-0.1, -0.05) is 18.5 Å². The third-order valence-corrected chi connectivity index (χ3v) is 4.17. The number of anilines is 1. The van der Waals surface area contributed by atoms with E-state index in [0.717, 1.165) is 68.5 Å². The number of pyridine rings is 1. The Morgan fingerprint density at radius 1 is 1.38 bits per heavy atom. The number of hydrogen-bond acceptors (Lipinski definition) is 4. The van der Waals surface area contributed by atoms with Crippen LogP contribution in [-0.4, -0.2) is 37.3 Å². The Hall–Kier alpha value is -0.840. The van der Waals surface area contributed by atoms with Crippen molar-refractivity contribution < 1.29 is 4.74 Å². The lowest BCUT2D eigenvalue weighted by atomic mass is 10.1. The molecule has 0 atom stereocenters. The van der Waals surface area contributed by atoms with Gasteiger partial charge in [-0.25, -0.2) is 4.98 Å². The van der Waals surface area contributed by atoms with Crippen molar-refractivity contribution in [2.24, 2.45) is 0 Å². The Morgan fingerprint density at radius 2 is 2.14 bits per heavy atom. The van der Waals surface area contributed by atoms with E-state index >= 15 is 0 Å². The number of halogens is 1. The Labute approximate surface area is 132 Å². The highest BCUT2D eigenvalue weighted by Crippen LogP contribution is 2.24. The van der Waals surface area contributed by atoms with Crippen LogP contribution in [0.5, 0.6) is 0 Å². The van der Waals surface area contributed by atoms with Crippen LogP contribution in [-0.2, 0) is 11.3 Å². The van der Waals surface area contributed by atoms with Gasteiger partial charge in [-0.3, -0.25) is 0 Å². The fraction of sp³-hybridized carbons (Fsp3) is 0.688. The minimum absolute atomic E-state index is 0.407. The highest BCUT2D eigenvalue weighted by Gasteiger charge is 2.20. The first-order valence-electron chi connectivity index (χ1n) is 7.96. The Morgan fingerprint density at radius 3 is 2.81 bits per heavy atom. The standard InChI is InChI=1S/C16H26ClN3O/c1-3-7-18-11-13-10-16(19-12-15(13)17)20-8-5-14(6-9-20)21-4-2/h10,12,14,18H,3-9,11H2,1-2H3. The van der Waals surface area contributed by atoms with Crippen LogP contribution >= 0.6 is 11.6 Å². The second-order valence-electron chi connectivity index (χ2n) is 5.45. The summed E-state index contributed by atoms with van der Waals surface area (Å²) in [6.45, 7) is 8.84. The van der Waals surface area contributed by atoms with Crippen LogP contribution in [0.4, 0.5) is 5.82 Å². The topological polar surface area (TPSA) is 37.4 Å². The van der Waals surface area contributed by atoms with Crippen molar-refractivity contribution in [3.63, 3.8) is 0 Å². The summed E-state index contributed by atoms with van der Waals surface area (Å²) in [4.78, 5) is 6.82. The molecule has 0 spiro atoms. The average molecular weight is 312 g/mol. The van der Waals surface area contributed by atoms with E-state index in [2.05, 4.69) is 35.1 Å². The lowest BCUT2D eigenvalue weighted by Gasteiger charge is -2.32. The van der Waals surface area contributed by atoms with Crippen LogP contribution < -0.4 is 10.2 Å². The molecule has 21 heavy (non-hydrogen) atoms. The zero-order valence-corrected chi connectivity index (χ0v) is 13.8. The summed E-state index contributed by atoms with van der Waals surface area (Å²) in [5, 5.41) is 4.14. The lowest BCUT2D eigenvalue weighted by molar-refractivity contribution is 0.0458. The molecule has 1 saturated heterocycles. The van der Waals surface area contributed by atoms with Crippen molar-refractivity contribution in [1.82, 2.24) is 10.3 Å². The van der Waals surface area contributed by atoms with Crippen molar-refractivity contribution in [2.45, 2.75) is 45.8 Å². The van der Waals surface area contributed by atoms with Crippen LogP contribution in [0.3, 0.4) is 0 Å². The van der Waals surface area contributed by atoms with E-state index in [4.69, 9.17) is 16.3 Å². The maximum atomic E-state index is 6.24. The second-order valence-corrected chi connectivity index (χ2v) is 5.86. The summed E-state index contributed by atoms with van der Waals surface area (Å²) in [6, 6.07) is 2.12. The van der Waals surface area contributed by atoms with Gasteiger partial charge < -0.3 is 15.0 Å². The van der Waals surface area contributed by atoms with Gasteiger partial charge >= 0.3 is 0 Å². The highest BCUT2D eigenvalue weighted by molar-refractivity contribution is 6.31. The molecule has 2 heterocycles. The maximum Gasteiger partial charge on any atom is 0.128 e. The van der Waals surface area contributed by atoms with Gasteiger partial charge in [0.05, 0.1) is 11.1 Å². The summed E-state index contributed by atoms with van der Waals surface area (Å²) >= 11 is 6.24. The summed E-state index contributed by atoms with van der Waals surface area (Å²) in [6.07, 6.45) is 5.45.